The fourth-order valence-electron chi connectivity index (χ4n) is 4.31. The lowest BCUT2D eigenvalue weighted by atomic mass is 9.92. The van der Waals surface area contributed by atoms with Crippen LogP contribution in [0.2, 0.25) is 0 Å². The van der Waals surface area contributed by atoms with E-state index < -0.39 is 17.7 Å². The summed E-state index contributed by atoms with van der Waals surface area (Å²) in [4.78, 5) is 0. The SMILES string of the molecule is C=CC[C@@]1(COCc2ccc(OC)cc2)O[C@@H]2OC(C)(C)O[C@@H]2[C@H]1OCc1ccccc1. The van der Waals surface area contributed by atoms with Gasteiger partial charge in [0, 0.05) is 0 Å². The number of ether oxygens (including phenoxy) is 6. The lowest BCUT2D eigenvalue weighted by molar-refractivity contribution is -0.254. The fourth-order valence-corrected chi connectivity index (χ4v) is 4.31. The third kappa shape index (κ3) is 5.05. The zero-order chi connectivity index (χ0) is 22.6. The zero-order valence-corrected chi connectivity index (χ0v) is 19.0. The number of methoxy groups -OCH3 is 1. The van der Waals surface area contributed by atoms with Gasteiger partial charge in [-0.15, -0.1) is 6.58 Å². The Balaban J connectivity index is 1.49. The van der Waals surface area contributed by atoms with E-state index in [-0.39, 0.29) is 12.2 Å². The number of fused-ring (bicyclic) bond motifs is 1. The first-order valence-electron chi connectivity index (χ1n) is 11.0. The third-order valence-corrected chi connectivity index (χ3v) is 5.79. The molecule has 0 radical (unpaired) electrons. The quantitative estimate of drug-likeness (QED) is 0.503. The highest BCUT2D eigenvalue weighted by Crippen LogP contribution is 2.45. The number of rotatable bonds is 10. The Hall–Kier alpha value is -2.22. The van der Waals surface area contributed by atoms with E-state index in [0.29, 0.717) is 26.2 Å². The van der Waals surface area contributed by atoms with Gasteiger partial charge in [-0.3, -0.25) is 0 Å². The molecule has 172 valence electrons. The summed E-state index contributed by atoms with van der Waals surface area (Å²) in [5.41, 5.74) is 1.38. The molecule has 0 unspecified atom stereocenters. The Morgan fingerprint density at radius 2 is 1.66 bits per heavy atom. The molecule has 2 saturated heterocycles. The fraction of sp³-hybridized carbons (Fsp3) is 0.462. The van der Waals surface area contributed by atoms with Crippen molar-refractivity contribution in [3.05, 3.63) is 78.4 Å². The van der Waals surface area contributed by atoms with Crippen LogP contribution in [0.25, 0.3) is 0 Å². The van der Waals surface area contributed by atoms with Gasteiger partial charge in [0.25, 0.3) is 0 Å². The topological polar surface area (TPSA) is 55.4 Å². The first-order chi connectivity index (χ1) is 15.4. The summed E-state index contributed by atoms with van der Waals surface area (Å²) in [6.45, 7) is 8.93. The van der Waals surface area contributed by atoms with Crippen LogP contribution in [0.3, 0.4) is 0 Å². The molecule has 6 nitrogen and oxygen atoms in total. The van der Waals surface area contributed by atoms with Crippen LogP contribution in [-0.4, -0.2) is 43.6 Å². The van der Waals surface area contributed by atoms with E-state index in [1.807, 2.05) is 74.5 Å². The van der Waals surface area contributed by atoms with Gasteiger partial charge in [0.15, 0.2) is 12.1 Å². The average molecular weight is 441 g/mol. The van der Waals surface area contributed by atoms with Crippen LogP contribution < -0.4 is 4.74 Å². The molecule has 0 N–H and O–H groups in total. The number of hydrogen-bond donors (Lipinski definition) is 0. The van der Waals surface area contributed by atoms with Crippen molar-refractivity contribution < 1.29 is 28.4 Å². The van der Waals surface area contributed by atoms with Gasteiger partial charge in [0.2, 0.25) is 0 Å². The van der Waals surface area contributed by atoms with Gasteiger partial charge in [-0.25, -0.2) is 0 Å². The summed E-state index contributed by atoms with van der Waals surface area (Å²) in [6.07, 6.45) is 1.15. The molecule has 0 bridgehead atoms. The standard InChI is InChI=1S/C26H32O6/c1-5-15-26(18-28-16-20-11-13-21(27-4)14-12-20)23(29-17-19-9-7-6-8-10-19)22-24(32-26)31-25(2,3)30-22/h5-14,22-24H,1,15-18H2,2-4H3/t22-,23-,24+,26+/m1/s1. The minimum atomic E-state index is -0.755. The molecular formula is C26H32O6. The van der Waals surface area contributed by atoms with Gasteiger partial charge in [0.05, 0.1) is 26.9 Å². The average Bonchev–Trinajstić information content (AvgIpc) is 3.22. The first-order valence-corrected chi connectivity index (χ1v) is 11.0. The van der Waals surface area contributed by atoms with Crippen LogP contribution in [0.5, 0.6) is 5.75 Å². The van der Waals surface area contributed by atoms with E-state index in [1.54, 1.807) is 7.11 Å². The second-order valence-corrected chi connectivity index (χ2v) is 8.70. The summed E-state index contributed by atoms with van der Waals surface area (Å²) < 4.78 is 36.4. The summed E-state index contributed by atoms with van der Waals surface area (Å²) in [6, 6.07) is 17.9. The highest BCUT2D eigenvalue weighted by Gasteiger charge is 2.62. The molecule has 0 aromatic heterocycles. The maximum absolute atomic E-state index is 6.44. The van der Waals surface area contributed by atoms with E-state index in [0.717, 1.165) is 16.9 Å². The summed E-state index contributed by atoms with van der Waals surface area (Å²) in [5, 5.41) is 0. The molecule has 6 heteroatoms. The predicted octanol–water partition coefficient (Wildman–Crippen LogP) is 4.62. The second-order valence-electron chi connectivity index (χ2n) is 8.70. The lowest BCUT2D eigenvalue weighted by Gasteiger charge is -2.36. The highest BCUT2D eigenvalue weighted by molar-refractivity contribution is 5.26. The van der Waals surface area contributed by atoms with Gasteiger partial charge < -0.3 is 28.4 Å². The maximum atomic E-state index is 6.44. The van der Waals surface area contributed by atoms with E-state index in [1.165, 1.54) is 0 Å². The van der Waals surface area contributed by atoms with Crippen molar-refractivity contribution in [2.24, 2.45) is 0 Å². The van der Waals surface area contributed by atoms with Crippen molar-refractivity contribution in [2.75, 3.05) is 13.7 Å². The normalized spacial score (nSPS) is 28.4. The molecule has 2 aromatic rings. The van der Waals surface area contributed by atoms with Crippen molar-refractivity contribution in [1.29, 1.82) is 0 Å². The van der Waals surface area contributed by atoms with Crippen molar-refractivity contribution >= 4 is 0 Å². The summed E-state index contributed by atoms with van der Waals surface area (Å²) in [7, 11) is 1.65. The molecule has 2 fully saturated rings. The van der Waals surface area contributed by atoms with Crippen molar-refractivity contribution in [3.8, 4) is 5.75 Å². The first kappa shape index (κ1) is 23.0. The molecular weight excluding hydrogens is 408 g/mol. The molecule has 2 heterocycles. The molecule has 0 saturated carbocycles. The van der Waals surface area contributed by atoms with E-state index in [9.17, 15) is 0 Å². The van der Waals surface area contributed by atoms with Crippen LogP contribution >= 0.6 is 0 Å². The Labute approximate surface area is 190 Å². The van der Waals surface area contributed by atoms with Gasteiger partial charge in [-0.1, -0.05) is 48.5 Å². The second kappa shape index (κ2) is 9.73. The molecule has 2 aliphatic heterocycles. The van der Waals surface area contributed by atoms with Gasteiger partial charge >= 0.3 is 0 Å². The predicted molar refractivity (Wildman–Crippen MR) is 120 cm³/mol. The molecule has 0 aliphatic carbocycles. The lowest BCUT2D eigenvalue weighted by Crippen LogP contribution is -2.49. The number of hydrogen-bond acceptors (Lipinski definition) is 6. The van der Waals surface area contributed by atoms with E-state index >= 15 is 0 Å². The molecule has 32 heavy (non-hydrogen) atoms. The van der Waals surface area contributed by atoms with Crippen LogP contribution in [0.1, 0.15) is 31.4 Å². The Morgan fingerprint density at radius 1 is 0.938 bits per heavy atom. The molecule has 4 rings (SSSR count). The van der Waals surface area contributed by atoms with Gasteiger partial charge in [0.1, 0.15) is 23.6 Å². The molecule has 0 spiro atoms. The summed E-state index contributed by atoms with van der Waals surface area (Å²) in [5.74, 6) is 0.0867. The molecule has 0 amide bonds. The van der Waals surface area contributed by atoms with E-state index in [4.69, 9.17) is 28.4 Å². The van der Waals surface area contributed by atoms with Crippen LogP contribution in [0.4, 0.5) is 0 Å². The van der Waals surface area contributed by atoms with Crippen LogP contribution in [0, 0.1) is 0 Å². The molecule has 2 aromatic carbocycles. The Morgan fingerprint density at radius 3 is 2.34 bits per heavy atom. The molecule has 4 atom stereocenters. The van der Waals surface area contributed by atoms with Crippen LogP contribution in [-0.2, 0) is 36.9 Å². The Kier molecular flexibility index (Phi) is 6.98. The minimum Gasteiger partial charge on any atom is -0.497 e. The number of benzene rings is 2. The van der Waals surface area contributed by atoms with Crippen molar-refractivity contribution in [2.45, 2.75) is 63.4 Å². The monoisotopic (exact) mass is 440 g/mol. The third-order valence-electron chi connectivity index (χ3n) is 5.79. The Bertz CT molecular complexity index is 881. The van der Waals surface area contributed by atoms with Crippen LogP contribution in [0.15, 0.2) is 67.3 Å². The van der Waals surface area contributed by atoms with Crippen molar-refractivity contribution in [3.63, 3.8) is 0 Å². The van der Waals surface area contributed by atoms with Gasteiger partial charge in [-0.05, 0) is 43.5 Å². The minimum absolute atomic E-state index is 0.324. The van der Waals surface area contributed by atoms with E-state index in [2.05, 4.69) is 6.58 Å². The maximum Gasteiger partial charge on any atom is 0.190 e. The largest absolute Gasteiger partial charge is 0.497 e. The van der Waals surface area contributed by atoms with Crippen molar-refractivity contribution in [1.82, 2.24) is 0 Å². The highest BCUT2D eigenvalue weighted by atomic mass is 16.8. The summed E-state index contributed by atoms with van der Waals surface area (Å²) >= 11 is 0. The zero-order valence-electron chi connectivity index (χ0n) is 19.0. The smallest absolute Gasteiger partial charge is 0.190 e. The van der Waals surface area contributed by atoms with Gasteiger partial charge in [-0.2, -0.15) is 0 Å². The molecule has 2 aliphatic rings.